The molecule has 20 heavy (non-hydrogen) atoms. The van der Waals surface area contributed by atoms with Gasteiger partial charge in [0.15, 0.2) is 0 Å². The molecule has 0 aliphatic carbocycles. The number of likely N-dealkylation sites (N-methyl/N-ethyl adjacent to an activating group) is 1. The number of rotatable bonds is 8. The van der Waals surface area contributed by atoms with Crippen LogP contribution in [0.3, 0.4) is 0 Å². The van der Waals surface area contributed by atoms with E-state index in [9.17, 15) is 13.2 Å². The summed E-state index contributed by atoms with van der Waals surface area (Å²) in [5.41, 5.74) is 0. The first-order chi connectivity index (χ1) is 9.35. The number of carbonyl (C=O) groups excluding carboxylic acids is 1. The zero-order chi connectivity index (χ0) is 15.2. The summed E-state index contributed by atoms with van der Waals surface area (Å²) >= 11 is 6.63. The molecule has 3 N–H and O–H groups in total. The predicted octanol–water partition coefficient (Wildman–Crippen LogP) is 0.794. The van der Waals surface area contributed by atoms with Gasteiger partial charge in [-0.2, -0.15) is 0 Å². The number of nitrogens with one attached hydrogen (secondary N) is 3. The average molecular weight is 340 g/mol. The molecule has 1 heterocycles. The summed E-state index contributed by atoms with van der Waals surface area (Å²) in [4.78, 5) is 11.5. The average Bonchev–Trinajstić information content (AvgIpc) is 2.82. The van der Waals surface area contributed by atoms with Gasteiger partial charge in [-0.1, -0.05) is 18.5 Å². The van der Waals surface area contributed by atoms with E-state index < -0.39 is 10.0 Å². The van der Waals surface area contributed by atoms with Crippen LogP contribution in [0.25, 0.3) is 0 Å². The van der Waals surface area contributed by atoms with Gasteiger partial charge in [-0.3, -0.25) is 4.79 Å². The van der Waals surface area contributed by atoms with E-state index in [-0.39, 0.29) is 22.7 Å². The summed E-state index contributed by atoms with van der Waals surface area (Å²) < 4.78 is 26.4. The molecule has 0 saturated heterocycles. The monoisotopic (exact) mass is 339 g/mol. The Balaban J connectivity index is 2.41. The lowest BCUT2D eigenvalue weighted by Crippen LogP contribution is -2.42. The van der Waals surface area contributed by atoms with Crippen molar-refractivity contribution in [1.29, 1.82) is 0 Å². The first kappa shape index (κ1) is 17.4. The Morgan fingerprint density at radius 2 is 2.15 bits per heavy atom. The van der Waals surface area contributed by atoms with Gasteiger partial charge in [0.1, 0.15) is 4.21 Å². The Morgan fingerprint density at radius 3 is 2.70 bits per heavy atom. The van der Waals surface area contributed by atoms with E-state index in [1.807, 2.05) is 13.8 Å². The molecule has 0 saturated carbocycles. The van der Waals surface area contributed by atoms with Crippen molar-refractivity contribution in [3.63, 3.8) is 0 Å². The number of carbonyl (C=O) groups is 1. The zero-order valence-corrected chi connectivity index (χ0v) is 13.7. The van der Waals surface area contributed by atoms with Crippen molar-refractivity contribution in [2.75, 3.05) is 19.6 Å². The fraction of sp³-hybridized carbons (Fsp3) is 0.545. The van der Waals surface area contributed by atoms with Gasteiger partial charge in [-0.15, -0.1) is 11.3 Å². The van der Waals surface area contributed by atoms with E-state index in [1.54, 1.807) is 0 Å². The van der Waals surface area contributed by atoms with Crippen molar-refractivity contribution in [3.05, 3.63) is 16.5 Å². The summed E-state index contributed by atoms with van der Waals surface area (Å²) in [5.74, 6) is -0.374. The molecular weight excluding hydrogens is 322 g/mol. The molecule has 0 radical (unpaired) electrons. The molecule has 0 fully saturated rings. The Kier molecular flexibility index (Phi) is 6.90. The molecule has 1 aromatic heterocycles. The number of hydrogen-bond acceptors (Lipinski definition) is 5. The van der Waals surface area contributed by atoms with Gasteiger partial charge in [0, 0.05) is 12.6 Å². The maximum Gasteiger partial charge on any atom is 0.250 e. The van der Waals surface area contributed by atoms with Crippen molar-refractivity contribution < 1.29 is 13.2 Å². The predicted molar refractivity (Wildman–Crippen MR) is 80.7 cm³/mol. The second-order valence-corrected chi connectivity index (χ2v) is 7.85. The molecule has 0 aromatic carbocycles. The van der Waals surface area contributed by atoms with Crippen molar-refractivity contribution in [1.82, 2.24) is 15.4 Å². The normalized spacial score (nSPS) is 13.2. The van der Waals surface area contributed by atoms with Crippen LogP contribution in [0.15, 0.2) is 16.3 Å². The van der Waals surface area contributed by atoms with E-state index in [1.165, 1.54) is 12.1 Å². The molecule has 1 atom stereocenters. The van der Waals surface area contributed by atoms with E-state index in [0.717, 1.165) is 17.9 Å². The molecule has 0 unspecified atom stereocenters. The molecule has 1 rings (SSSR count). The zero-order valence-electron chi connectivity index (χ0n) is 11.3. The van der Waals surface area contributed by atoms with Crippen LogP contribution in [0.5, 0.6) is 0 Å². The lowest BCUT2D eigenvalue weighted by Gasteiger charge is -2.13. The number of halogens is 1. The minimum absolute atomic E-state index is 0.0938. The Bertz CT molecular complexity index is 545. The van der Waals surface area contributed by atoms with E-state index >= 15 is 0 Å². The highest BCUT2D eigenvalue weighted by molar-refractivity contribution is 7.91. The molecule has 6 nitrogen and oxygen atoms in total. The van der Waals surface area contributed by atoms with Gasteiger partial charge in [0.05, 0.1) is 10.9 Å². The van der Waals surface area contributed by atoms with Crippen LogP contribution in [0.4, 0.5) is 0 Å². The van der Waals surface area contributed by atoms with Crippen molar-refractivity contribution in [2.45, 2.75) is 24.1 Å². The Labute approximate surface area is 128 Å². The largest absolute Gasteiger partial charge is 0.353 e. The number of amides is 1. The van der Waals surface area contributed by atoms with Crippen LogP contribution in [-0.4, -0.2) is 40.0 Å². The quantitative estimate of drug-likeness (QED) is 0.653. The minimum Gasteiger partial charge on any atom is -0.353 e. The third kappa shape index (κ3) is 5.76. The standard InChI is InChI=1S/C11H18ClN3O3S2/c1-3-13-8(2)6-14-10(16)7-15-20(17,18)11-5-4-9(12)19-11/h4-5,8,13,15H,3,6-7H2,1-2H3,(H,14,16)/t8-/m1/s1. The van der Waals surface area contributed by atoms with Crippen molar-refractivity contribution in [2.24, 2.45) is 0 Å². The van der Waals surface area contributed by atoms with Gasteiger partial charge in [0.25, 0.3) is 10.0 Å². The van der Waals surface area contributed by atoms with Crippen LogP contribution >= 0.6 is 22.9 Å². The highest BCUT2D eigenvalue weighted by atomic mass is 35.5. The minimum atomic E-state index is -3.68. The van der Waals surface area contributed by atoms with Crippen molar-refractivity contribution >= 4 is 38.9 Å². The summed E-state index contributed by atoms with van der Waals surface area (Å²) in [5, 5.41) is 5.78. The van der Waals surface area contributed by atoms with E-state index in [0.29, 0.717) is 10.9 Å². The maximum atomic E-state index is 11.8. The maximum absolute atomic E-state index is 11.8. The SMILES string of the molecule is CCN[C@H](C)CNC(=O)CNS(=O)(=O)c1ccc(Cl)s1. The lowest BCUT2D eigenvalue weighted by atomic mass is 10.3. The summed E-state index contributed by atoms with van der Waals surface area (Å²) in [6.07, 6.45) is 0. The number of sulfonamides is 1. The second-order valence-electron chi connectivity index (χ2n) is 4.15. The summed E-state index contributed by atoms with van der Waals surface area (Å²) in [7, 11) is -3.68. The van der Waals surface area contributed by atoms with Crippen LogP contribution in [0.2, 0.25) is 4.34 Å². The van der Waals surface area contributed by atoms with Crippen LogP contribution in [-0.2, 0) is 14.8 Å². The molecule has 0 spiro atoms. The molecule has 0 bridgehead atoms. The highest BCUT2D eigenvalue weighted by Gasteiger charge is 2.17. The lowest BCUT2D eigenvalue weighted by molar-refractivity contribution is -0.120. The molecule has 114 valence electrons. The van der Waals surface area contributed by atoms with Gasteiger partial charge >= 0.3 is 0 Å². The Hall–Kier alpha value is -0.670. The van der Waals surface area contributed by atoms with Crippen LogP contribution in [0, 0.1) is 0 Å². The third-order valence-electron chi connectivity index (χ3n) is 2.39. The topological polar surface area (TPSA) is 87.3 Å². The second kappa shape index (κ2) is 7.94. The fourth-order valence-corrected chi connectivity index (χ4v) is 3.93. The summed E-state index contributed by atoms with van der Waals surface area (Å²) in [6, 6.07) is 3.04. The molecule has 9 heteroatoms. The molecule has 0 aliphatic heterocycles. The first-order valence-electron chi connectivity index (χ1n) is 6.10. The smallest absolute Gasteiger partial charge is 0.250 e. The van der Waals surface area contributed by atoms with E-state index in [2.05, 4.69) is 15.4 Å². The molecule has 0 aliphatic rings. The molecule has 1 aromatic rings. The number of thiophene rings is 1. The van der Waals surface area contributed by atoms with Gasteiger partial charge in [0.2, 0.25) is 5.91 Å². The van der Waals surface area contributed by atoms with Crippen LogP contribution in [0.1, 0.15) is 13.8 Å². The van der Waals surface area contributed by atoms with Crippen molar-refractivity contribution in [3.8, 4) is 0 Å². The molecule has 1 amide bonds. The number of hydrogen-bond donors (Lipinski definition) is 3. The fourth-order valence-electron chi connectivity index (χ4n) is 1.42. The summed E-state index contributed by atoms with van der Waals surface area (Å²) in [6.45, 7) is 4.86. The highest BCUT2D eigenvalue weighted by Crippen LogP contribution is 2.25. The van der Waals surface area contributed by atoms with Gasteiger partial charge in [-0.25, -0.2) is 13.1 Å². The van der Waals surface area contributed by atoms with Gasteiger partial charge < -0.3 is 10.6 Å². The first-order valence-corrected chi connectivity index (χ1v) is 8.78. The molecular formula is C11H18ClN3O3S2. The van der Waals surface area contributed by atoms with E-state index in [4.69, 9.17) is 11.6 Å². The Morgan fingerprint density at radius 1 is 1.45 bits per heavy atom. The third-order valence-corrected chi connectivity index (χ3v) is 5.52. The van der Waals surface area contributed by atoms with Crippen LogP contribution < -0.4 is 15.4 Å². The van der Waals surface area contributed by atoms with Gasteiger partial charge in [-0.05, 0) is 25.6 Å².